The summed E-state index contributed by atoms with van der Waals surface area (Å²) in [6.07, 6.45) is 6.52. The van der Waals surface area contributed by atoms with E-state index in [2.05, 4.69) is 13.8 Å². The summed E-state index contributed by atoms with van der Waals surface area (Å²) in [4.78, 5) is 10.8. The fourth-order valence-electron chi connectivity index (χ4n) is 0.716. The van der Waals surface area contributed by atoms with Gasteiger partial charge in [-0.2, -0.15) is 0 Å². The van der Waals surface area contributed by atoms with Crippen LogP contribution in [-0.2, 0) is 4.79 Å². The lowest BCUT2D eigenvalue weighted by Crippen LogP contribution is -1.91. The maximum absolute atomic E-state index is 10.8. The Morgan fingerprint density at radius 2 is 2.09 bits per heavy atom. The summed E-state index contributed by atoms with van der Waals surface area (Å²) in [5, 5.41) is 0. The Kier molecular flexibility index (Phi) is 5.81. The van der Waals surface area contributed by atoms with E-state index in [0.29, 0.717) is 12.3 Å². The summed E-state index contributed by atoms with van der Waals surface area (Å²) in [6, 6.07) is 0. The van der Waals surface area contributed by atoms with Crippen LogP contribution >= 0.6 is 0 Å². The molecular formula is C10H18O. The molecule has 0 saturated heterocycles. The first-order valence-electron chi connectivity index (χ1n) is 4.40. The zero-order valence-corrected chi connectivity index (χ0v) is 7.76. The minimum absolute atomic E-state index is 0.230. The molecule has 0 amide bonds. The van der Waals surface area contributed by atoms with Crippen molar-refractivity contribution in [1.29, 1.82) is 0 Å². The van der Waals surface area contributed by atoms with Crippen molar-refractivity contribution in [2.45, 2.75) is 40.0 Å². The normalized spacial score (nSPS) is 13.7. The molecule has 1 unspecified atom stereocenters. The second-order valence-corrected chi connectivity index (χ2v) is 2.97. The minimum atomic E-state index is 0.230. The Balaban J connectivity index is 3.51. The lowest BCUT2D eigenvalue weighted by Gasteiger charge is -2.01. The van der Waals surface area contributed by atoms with Crippen LogP contribution < -0.4 is 0 Å². The maximum atomic E-state index is 10.8. The van der Waals surface area contributed by atoms with Gasteiger partial charge in [0, 0.05) is 6.42 Å². The first-order chi connectivity index (χ1) is 5.20. The second kappa shape index (κ2) is 6.14. The molecule has 0 aromatic rings. The topological polar surface area (TPSA) is 17.1 Å². The van der Waals surface area contributed by atoms with E-state index in [4.69, 9.17) is 0 Å². The van der Waals surface area contributed by atoms with Crippen LogP contribution in [0.4, 0.5) is 0 Å². The van der Waals surface area contributed by atoms with Crippen LogP contribution in [0.2, 0.25) is 0 Å². The van der Waals surface area contributed by atoms with Crippen LogP contribution in [0.15, 0.2) is 12.2 Å². The van der Waals surface area contributed by atoms with E-state index < -0.39 is 0 Å². The molecule has 0 saturated carbocycles. The van der Waals surface area contributed by atoms with Gasteiger partial charge in [0.15, 0.2) is 5.78 Å². The highest BCUT2D eigenvalue weighted by atomic mass is 16.1. The average molecular weight is 154 g/mol. The van der Waals surface area contributed by atoms with Crippen molar-refractivity contribution < 1.29 is 4.79 Å². The largest absolute Gasteiger partial charge is 0.295 e. The predicted molar refractivity (Wildman–Crippen MR) is 48.5 cm³/mol. The lowest BCUT2D eigenvalue weighted by molar-refractivity contribution is -0.114. The standard InChI is InChI=1S/C10H18O/c1-4-9(3)7-6-8-10(11)5-2/h6,8-9H,4-5,7H2,1-3H3/b8-6+. The van der Waals surface area contributed by atoms with Crippen LogP contribution in [0.1, 0.15) is 40.0 Å². The molecule has 0 spiro atoms. The van der Waals surface area contributed by atoms with E-state index in [-0.39, 0.29) is 5.78 Å². The van der Waals surface area contributed by atoms with Gasteiger partial charge in [0.25, 0.3) is 0 Å². The van der Waals surface area contributed by atoms with Crippen molar-refractivity contribution >= 4 is 5.78 Å². The van der Waals surface area contributed by atoms with Crippen molar-refractivity contribution in [2.24, 2.45) is 5.92 Å². The number of hydrogen-bond acceptors (Lipinski definition) is 1. The highest BCUT2D eigenvalue weighted by molar-refractivity contribution is 5.89. The zero-order valence-electron chi connectivity index (χ0n) is 7.76. The van der Waals surface area contributed by atoms with Crippen molar-refractivity contribution in [3.63, 3.8) is 0 Å². The Hall–Kier alpha value is -0.590. The van der Waals surface area contributed by atoms with E-state index in [0.717, 1.165) is 6.42 Å². The fraction of sp³-hybridized carbons (Fsp3) is 0.700. The average Bonchev–Trinajstić information content (AvgIpc) is 2.04. The fourth-order valence-corrected chi connectivity index (χ4v) is 0.716. The molecule has 0 N–H and O–H groups in total. The molecule has 0 radical (unpaired) electrons. The molecule has 0 aromatic carbocycles. The SMILES string of the molecule is CCC(=O)/C=C/CC(C)CC. The quantitative estimate of drug-likeness (QED) is 0.556. The molecule has 0 aliphatic carbocycles. The number of rotatable bonds is 5. The summed E-state index contributed by atoms with van der Waals surface area (Å²) < 4.78 is 0. The Morgan fingerprint density at radius 3 is 2.55 bits per heavy atom. The molecule has 0 fully saturated rings. The van der Waals surface area contributed by atoms with Crippen LogP contribution in [0.25, 0.3) is 0 Å². The van der Waals surface area contributed by atoms with E-state index in [1.165, 1.54) is 6.42 Å². The van der Waals surface area contributed by atoms with Gasteiger partial charge in [0.05, 0.1) is 0 Å². The molecule has 0 aliphatic rings. The van der Waals surface area contributed by atoms with Crippen LogP contribution in [-0.4, -0.2) is 5.78 Å². The van der Waals surface area contributed by atoms with Gasteiger partial charge in [-0.25, -0.2) is 0 Å². The molecule has 1 nitrogen and oxygen atoms in total. The molecule has 0 heterocycles. The molecule has 1 atom stereocenters. The number of ketones is 1. The third-order valence-corrected chi connectivity index (χ3v) is 1.89. The Bertz CT molecular complexity index is 136. The van der Waals surface area contributed by atoms with Crippen molar-refractivity contribution in [3.05, 3.63) is 12.2 Å². The predicted octanol–water partition coefficient (Wildman–Crippen LogP) is 2.96. The Labute approximate surface area is 69.5 Å². The van der Waals surface area contributed by atoms with Gasteiger partial charge in [-0.05, 0) is 18.4 Å². The van der Waals surface area contributed by atoms with Gasteiger partial charge >= 0.3 is 0 Å². The number of carbonyl (C=O) groups excluding carboxylic acids is 1. The summed E-state index contributed by atoms with van der Waals surface area (Å²) in [7, 11) is 0. The van der Waals surface area contributed by atoms with Gasteiger partial charge < -0.3 is 0 Å². The third kappa shape index (κ3) is 5.84. The number of hydrogen-bond donors (Lipinski definition) is 0. The molecule has 1 heteroatoms. The molecule has 0 bridgehead atoms. The summed E-state index contributed by atoms with van der Waals surface area (Å²) in [6.45, 7) is 6.25. The van der Waals surface area contributed by atoms with Crippen molar-refractivity contribution in [3.8, 4) is 0 Å². The van der Waals surface area contributed by atoms with Crippen molar-refractivity contribution in [1.82, 2.24) is 0 Å². The second-order valence-electron chi connectivity index (χ2n) is 2.97. The Morgan fingerprint density at radius 1 is 1.45 bits per heavy atom. The molecular weight excluding hydrogens is 136 g/mol. The van der Waals surface area contributed by atoms with E-state index in [9.17, 15) is 4.79 Å². The third-order valence-electron chi connectivity index (χ3n) is 1.89. The first kappa shape index (κ1) is 10.4. The molecule has 11 heavy (non-hydrogen) atoms. The van der Waals surface area contributed by atoms with Crippen LogP contribution in [0.5, 0.6) is 0 Å². The van der Waals surface area contributed by atoms with E-state index in [1.807, 2.05) is 13.0 Å². The lowest BCUT2D eigenvalue weighted by atomic mass is 10.0. The highest BCUT2D eigenvalue weighted by Crippen LogP contribution is 2.06. The van der Waals surface area contributed by atoms with Gasteiger partial charge in [0.1, 0.15) is 0 Å². The van der Waals surface area contributed by atoms with Gasteiger partial charge in [-0.15, -0.1) is 0 Å². The molecule has 0 aromatic heterocycles. The summed E-state index contributed by atoms with van der Waals surface area (Å²) in [5.74, 6) is 0.934. The van der Waals surface area contributed by atoms with Gasteiger partial charge in [-0.1, -0.05) is 33.3 Å². The molecule has 0 aliphatic heterocycles. The number of allylic oxidation sites excluding steroid dienone is 2. The summed E-state index contributed by atoms with van der Waals surface area (Å²) in [5.41, 5.74) is 0. The van der Waals surface area contributed by atoms with E-state index >= 15 is 0 Å². The smallest absolute Gasteiger partial charge is 0.155 e. The monoisotopic (exact) mass is 154 g/mol. The molecule has 64 valence electrons. The zero-order chi connectivity index (χ0) is 8.69. The first-order valence-corrected chi connectivity index (χ1v) is 4.40. The van der Waals surface area contributed by atoms with Gasteiger partial charge in [0.2, 0.25) is 0 Å². The maximum Gasteiger partial charge on any atom is 0.155 e. The van der Waals surface area contributed by atoms with E-state index in [1.54, 1.807) is 6.08 Å². The van der Waals surface area contributed by atoms with Crippen molar-refractivity contribution in [2.75, 3.05) is 0 Å². The van der Waals surface area contributed by atoms with Gasteiger partial charge in [-0.3, -0.25) is 4.79 Å². The van der Waals surface area contributed by atoms with Crippen LogP contribution in [0, 0.1) is 5.92 Å². The summed E-state index contributed by atoms with van der Waals surface area (Å²) >= 11 is 0. The minimum Gasteiger partial charge on any atom is -0.295 e. The number of carbonyl (C=O) groups is 1. The van der Waals surface area contributed by atoms with Crippen LogP contribution in [0.3, 0.4) is 0 Å². The highest BCUT2D eigenvalue weighted by Gasteiger charge is 1.94. The molecule has 0 rings (SSSR count).